The van der Waals surface area contributed by atoms with Gasteiger partial charge in [0.25, 0.3) is 0 Å². The zero-order chi connectivity index (χ0) is 22.8. The fraction of sp³-hybridized carbons (Fsp3) is 0.364. The first-order valence-electron chi connectivity index (χ1n) is 10.2. The van der Waals surface area contributed by atoms with Gasteiger partial charge in [0.05, 0.1) is 12.3 Å². The second kappa shape index (κ2) is 8.99. The van der Waals surface area contributed by atoms with Crippen LogP contribution in [-0.4, -0.2) is 73.1 Å². The average molecular weight is 444 g/mol. The van der Waals surface area contributed by atoms with E-state index in [4.69, 9.17) is 15.2 Å². The van der Waals surface area contributed by atoms with Crippen LogP contribution in [0.15, 0.2) is 58.4 Å². The Morgan fingerprint density at radius 1 is 1.31 bits per heavy atom. The molecule has 3 aliphatic rings. The van der Waals surface area contributed by atoms with Crippen molar-refractivity contribution in [3.8, 4) is 5.75 Å². The van der Waals surface area contributed by atoms with Gasteiger partial charge in [0.2, 0.25) is 5.90 Å². The summed E-state index contributed by atoms with van der Waals surface area (Å²) in [5.74, 6) is -0.328. The van der Waals surface area contributed by atoms with Gasteiger partial charge in [-0.1, -0.05) is 6.58 Å². The smallest absolute Gasteiger partial charge is 0.219 e. The Kier molecular flexibility index (Phi) is 6.13. The summed E-state index contributed by atoms with van der Waals surface area (Å²) in [4.78, 5) is 14.8. The van der Waals surface area contributed by atoms with Crippen molar-refractivity contribution in [1.82, 2.24) is 14.7 Å². The van der Waals surface area contributed by atoms with E-state index in [9.17, 15) is 8.78 Å². The molecule has 0 spiro atoms. The van der Waals surface area contributed by atoms with Crippen LogP contribution in [0.4, 0.5) is 8.78 Å². The molecule has 2 fully saturated rings. The molecule has 2 saturated heterocycles. The predicted molar refractivity (Wildman–Crippen MR) is 118 cm³/mol. The Balaban J connectivity index is 1.46. The molecule has 0 aliphatic carbocycles. The Bertz CT molecular complexity index is 1010. The Morgan fingerprint density at radius 3 is 2.75 bits per heavy atom. The van der Waals surface area contributed by atoms with E-state index in [2.05, 4.69) is 38.3 Å². The number of benzene rings is 1. The number of nitrogens with zero attached hydrogens (tertiary/aromatic N) is 5. The molecule has 1 unspecified atom stereocenters. The Morgan fingerprint density at radius 2 is 2.06 bits per heavy atom. The summed E-state index contributed by atoms with van der Waals surface area (Å²) in [7, 11) is 3.61. The first-order valence-corrected chi connectivity index (χ1v) is 10.2. The average Bonchev–Trinajstić information content (AvgIpc) is 3.12. The number of ether oxygens (including phenoxy) is 2. The van der Waals surface area contributed by atoms with Crippen LogP contribution in [0.25, 0.3) is 0 Å². The maximum absolute atomic E-state index is 14.5. The predicted octanol–water partition coefficient (Wildman–Crippen LogP) is 2.02. The summed E-state index contributed by atoms with van der Waals surface area (Å²) in [6, 6.07) is 2.67. The van der Waals surface area contributed by atoms with Crippen LogP contribution in [0, 0.1) is 11.6 Å². The molecule has 0 radical (unpaired) electrons. The van der Waals surface area contributed by atoms with E-state index in [1.54, 1.807) is 0 Å². The van der Waals surface area contributed by atoms with Gasteiger partial charge in [-0.25, -0.2) is 8.78 Å². The second-order valence-electron chi connectivity index (χ2n) is 7.82. The standard InChI is InChI=1S/C22H26F2N6O2/c1-14-27-20(8-21-29-5-4-28(3)11-16(29)12-30(14)21)31-13-15-6-18(23)22(19(24)7-15)32-17(9-25)10-26-2/h6-10,16H,1,4-5,11-13,25H2,2-3H3. The van der Waals surface area contributed by atoms with Gasteiger partial charge in [0.15, 0.2) is 23.1 Å². The minimum atomic E-state index is -0.872. The molecule has 0 saturated carbocycles. The highest BCUT2D eigenvalue weighted by Crippen LogP contribution is 2.33. The minimum absolute atomic E-state index is 0.0272. The van der Waals surface area contributed by atoms with Crippen molar-refractivity contribution in [3.63, 3.8) is 0 Å². The molecule has 8 nitrogen and oxygen atoms in total. The summed E-state index contributed by atoms with van der Waals surface area (Å²) in [6.07, 6.45) is 4.18. The van der Waals surface area contributed by atoms with Crippen molar-refractivity contribution in [2.75, 3.05) is 40.3 Å². The van der Waals surface area contributed by atoms with Crippen molar-refractivity contribution >= 4 is 12.1 Å². The van der Waals surface area contributed by atoms with Crippen molar-refractivity contribution in [3.05, 3.63) is 65.6 Å². The lowest BCUT2D eigenvalue weighted by Gasteiger charge is -2.36. The molecule has 3 aliphatic heterocycles. The summed E-state index contributed by atoms with van der Waals surface area (Å²) < 4.78 is 39.9. The molecule has 170 valence electrons. The quantitative estimate of drug-likeness (QED) is 0.553. The topological polar surface area (TPSA) is 78.9 Å². The fourth-order valence-electron chi connectivity index (χ4n) is 4.03. The van der Waals surface area contributed by atoms with Gasteiger partial charge < -0.3 is 29.9 Å². The largest absolute Gasteiger partial charge is 0.473 e. The highest BCUT2D eigenvalue weighted by atomic mass is 19.1. The van der Waals surface area contributed by atoms with E-state index in [1.807, 2.05) is 6.08 Å². The first-order chi connectivity index (χ1) is 15.4. The van der Waals surface area contributed by atoms with Gasteiger partial charge in [-0.2, -0.15) is 4.99 Å². The second-order valence-corrected chi connectivity index (χ2v) is 7.82. The lowest BCUT2D eigenvalue weighted by atomic mass is 10.2. The number of piperazine rings is 1. The number of rotatable bonds is 5. The highest BCUT2D eigenvalue weighted by Gasteiger charge is 2.39. The van der Waals surface area contributed by atoms with Crippen LogP contribution in [0.2, 0.25) is 0 Å². The van der Waals surface area contributed by atoms with E-state index in [-0.39, 0.29) is 12.4 Å². The van der Waals surface area contributed by atoms with Crippen molar-refractivity contribution in [2.24, 2.45) is 15.7 Å². The molecule has 3 heterocycles. The van der Waals surface area contributed by atoms with Crippen molar-refractivity contribution in [1.29, 1.82) is 0 Å². The lowest BCUT2D eigenvalue weighted by Crippen LogP contribution is -2.48. The monoisotopic (exact) mass is 444 g/mol. The molecule has 4 rings (SSSR count). The van der Waals surface area contributed by atoms with Crippen LogP contribution in [0.1, 0.15) is 5.56 Å². The molecular formula is C22H26F2N6O2. The third-order valence-electron chi connectivity index (χ3n) is 5.54. The number of hydrogen-bond acceptors (Lipinski definition) is 8. The SMILES string of the molecule is C=C1N=C(OCc2cc(F)c(OC(C=NC)=CN)c(F)c2)C=C2N1CC1CN(C)CCN21. The molecule has 1 atom stereocenters. The molecular weight excluding hydrogens is 418 g/mol. The van der Waals surface area contributed by atoms with E-state index >= 15 is 0 Å². The first kappa shape index (κ1) is 21.8. The summed E-state index contributed by atoms with van der Waals surface area (Å²) in [5, 5.41) is 0. The summed E-state index contributed by atoms with van der Waals surface area (Å²) in [6.45, 7) is 7.65. The number of likely N-dealkylation sites (N-methyl/N-ethyl adjacent to an activating group) is 1. The number of hydrogen-bond donors (Lipinski definition) is 1. The van der Waals surface area contributed by atoms with Crippen LogP contribution < -0.4 is 10.5 Å². The maximum Gasteiger partial charge on any atom is 0.219 e. The van der Waals surface area contributed by atoms with E-state index in [1.165, 1.54) is 13.3 Å². The fourth-order valence-corrected chi connectivity index (χ4v) is 4.03. The molecule has 10 heteroatoms. The summed E-state index contributed by atoms with van der Waals surface area (Å²) >= 11 is 0. The van der Waals surface area contributed by atoms with Crippen LogP contribution in [0.5, 0.6) is 5.75 Å². The third-order valence-corrected chi connectivity index (χ3v) is 5.54. The lowest BCUT2D eigenvalue weighted by molar-refractivity contribution is 0.149. The van der Waals surface area contributed by atoms with Gasteiger partial charge in [0.1, 0.15) is 18.2 Å². The number of fused-ring (bicyclic) bond motifs is 3. The van der Waals surface area contributed by atoms with Crippen molar-refractivity contribution in [2.45, 2.75) is 12.6 Å². The highest BCUT2D eigenvalue weighted by molar-refractivity contribution is 5.90. The third kappa shape index (κ3) is 4.31. The molecule has 1 aromatic rings. The molecule has 0 bridgehead atoms. The van der Waals surface area contributed by atoms with Crippen LogP contribution in [-0.2, 0) is 11.3 Å². The Labute approximate surface area is 185 Å². The number of aliphatic imine (C=N–C) groups is 2. The van der Waals surface area contributed by atoms with Crippen molar-refractivity contribution < 1.29 is 18.3 Å². The molecule has 32 heavy (non-hydrogen) atoms. The zero-order valence-electron chi connectivity index (χ0n) is 18.1. The molecule has 2 N–H and O–H groups in total. The van der Waals surface area contributed by atoms with Gasteiger partial charge in [-0.05, 0) is 24.7 Å². The summed E-state index contributed by atoms with van der Waals surface area (Å²) in [5.41, 5.74) is 5.68. The van der Waals surface area contributed by atoms with Gasteiger partial charge >= 0.3 is 0 Å². The van der Waals surface area contributed by atoms with Gasteiger partial charge in [-0.3, -0.25) is 4.99 Å². The number of allylic oxidation sites excluding steroid dienone is 1. The van der Waals surface area contributed by atoms with E-state index in [0.717, 1.165) is 50.3 Å². The zero-order valence-corrected chi connectivity index (χ0v) is 18.1. The number of halogens is 2. The van der Waals surface area contributed by atoms with Crippen LogP contribution in [0.3, 0.4) is 0 Å². The minimum Gasteiger partial charge on any atom is -0.473 e. The van der Waals surface area contributed by atoms with Gasteiger partial charge in [-0.15, -0.1) is 0 Å². The molecule has 0 aromatic heterocycles. The number of nitrogens with two attached hydrogens (primary N) is 1. The van der Waals surface area contributed by atoms with Crippen LogP contribution >= 0.6 is 0 Å². The molecule has 1 aromatic carbocycles. The van der Waals surface area contributed by atoms with Gasteiger partial charge in [0, 0.05) is 45.5 Å². The molecule has 0 amide bonds. The van der Waals surface area contributed by atoms with E-state index < -0.39 is 17.4 Å². The Hall–Kier alpha value is -3.40. The van der Waals surface area contributed by atoms with E-state index in [0.29, 0.717) is 23.3 Å². The maximum atomic E-state index is 14.5. The normalized spacial score (nSPS) is 21.4.